The van der Waals surface area contributed by atoms with Gasteiger partial charge in [-0.3, -0.25) is 14.5 Å². The van der Waals surface area contributed by atoms with Gasteiger partial charge in [-0.2, -0.15) is 0 Å². The van der Waals surface area contributed by atoms with E-state index in [0.717, 1.165) is 10.5 Å². The van der Waals surface area contributed by atoms with Crippen molar-refractivity contribution in [1.29, 1.82) is 0 Å². The van der Waals surface area contributed by atoms with Crippen molar-refractivity contribution in [2.45, 2.75) is 25.7 Å². The van der Waals surface area contributed by atoms with E-state index in [1.54, 1.807) is 26.2 Å². The number of anilines is 1. The Morgan fingerprint density at radius 2 is 1.62 bits per heavy atom. The fourth-order valence-corrected chi connectivity index (χ4v) is 3.21. The number of ether oxygens (including phenoxy) is 2. The molecule has 6 heteroatoms. The van der Waals surface area contributed by atoms with Gasteiger partial charge in [0, 0.05) is 18.8 Å². The summed E-state index contributed by atoms with van der Waals surface area (Å²) in [7, 11) is 3.09. The third-order valence-electron chi connectivity index (χ3n) is 4.62. The van der Waals surface area contributed by atoms with Crippen LogP contribution in [0.25, 0.3) is 0 Å². The zero-order chi connectivity index (χ0) is 18.8. The van der Waals surface area contributed by atoms with Crippen LogP contribution in [0.1, 0.15) is 29.9 Å². The van der Waals surface area contributed by atoms with Gasteiger partial charge in [0.1, 0.15) is 5.82 Å². The van der Waals surface area contributed by atoms with Crippen LogP contribution in [0.15, 0.2) is 36.4 Å². The molecule has 1 aliphatic rings. The SMILES string of the molecule is COc1ccc(C2CC(=O)N(c3ccc(F)c(C)c3)C(=O)C2)cc1OC. The number of hydrogen-bond donors (Lipinski definition) is 0. The molecule has 0 N–H and O–H groups in total. The Labute approximate surface area is 151 Å². The number of piperidine rings is 1. The van der Waals surface area contributed by atoms with Crippen LogP contribution in [-0.2, 0) is 9.59 Å². The topological polar surface area (TPSA) is 55.8 Å². The Morgan fingerprint density at radius 3 is 2.19 bits per heavy atom. The predicted octanol–water partition coefficient (Wildman–Crippen LogP) is 3.59. The van der Waals surface area contributed by atoms with E-state index >= 15 is 0 Å². The summed E-state index contributed by atoms with van der Waals surface area (Å²) < 4.78 is 24.0. The van der Waals surface area contributed by atoms with Crippen molar-refractivity contribution < 1.29 is 23.5 Å². The maximum Gasteiger partial charge on any atom is 0.234 e. The van der Waals surface area contributed by atoms with Gasteiger partial charge < -0.3 is 9.47 Å². The van der Waals surface area contributed by atoms with Crippen LogP contribution >= 0.6 is 0 Å². The molecule has 1 fully saturated rings. The molecule has 0 atom stereocenters. The molecular formula is C20H20FNO4. The molecule has 0 spiro atoms. The van der Waals surface area contributed by atoms with E-state index in [4.69, 9.17) is 9.47 Å². The van der Waals surface area contributed by atoms with E-state index in [-0.39, 0.29) is 36.4 Å². The molecule has 2 aromatic rings. The van der Waals surface area contributed by atoms with E-state index in [2.05, 4.69) is 0 Å². The summed E-state index contributed by atoms with van der Waals surface area (Å²) in [5.74, 6) is -0.0461. The van der Waals surface area contributed by atoms with Crippen molar-refractivity contribution in [2.75, 3.05) is 19.1 Å². The molecule has 0 aliphatic carbocycles. The third kappa shape index (κ3) is 3.27. The Morgan fingerprint density at radius 1 is 0.962 bits per heavy atom. The van der Waals surface area contributed by atoms with Crippen molar-refractivity contribution >= 4 is 17.5 Å². The summed E-state index contributed by atoms with van der Waals surface area (Å²) in [5.41, 5.74) is 1.65. The molecule has 136 valence electrons. The number of aryl methyl sites for hydroxylation is 1. The minimum absolute atomic E-state index is 0.192. The number of hydrogen-bond acceptors (Lipinski definition) is 4. The predicted molar refractivity (Wildman–Crippen MR) is 95.2 cm³/mol. The van der Waals surface area contributed by atoms with Gasteiger partial charge in [0.2, 0.25) is 11.8 Å². The average molecular weight is 357 g/mol. The molecular weight excluding hydrogens is 337 g/mol. The van der Waals surface area contributed by atoms with Crippen molar-refractivity contribution in [3.63, 3.8) is 0 Å². The maximum atomic E-state index is 13.5. The van der Waals surface area contributed by atoms with Gasteiger partial charge in [-0.15, -0.1) is 0 Å². The number of halogens is 1. The number of nitrogens with zero attached hydrogens (tertiary/aromatic N) is 1. The minimum Gasteiger partial charge on any atom is -0.493 e. The standard InChI is InChI=1S/C20H20FNO4/c1-12-8-15(5-6-16(12)21)22-19(23)10-14(11-20(22)24)13-4-7-17(25-2)18(9-13)26-3/h4-9,14H,10-11H2,1-3H3. The van der Waals surface area contributed by atoms with Crippen LogP contribution in [0, 0.1) is 12.7 Å². The number of imide groups is 1. The normalized spacial score (nSPS) is 15.3. The van der Waals surface area contributed by atoms with E-state index < -0.39 is 0 Å². The molecule has 1 saturated heterocycles. The van der Waals surface area contributed by atoms with E-state index in [9.17, 15) is 14.0 Å². The molecule has 0 aromatic heterocycles. The number of amides is 2. The first-order valence-electron chi connectivity index (χ1n) is 8.28. The monoisotopic (exact) mass is 357 g/mol. The largest absolute Gasteiger partial charge is 0.493 e. The maximum absolute atomic E-state index is 13.5. The van der Waals surface area contributed by atoms with E-state index in [1.165, 1.54) is 25.3 Å². The van der Waals surface area contributed by atoms with Crippen molar-refractivity contribution in [1.82, 2.24) is 0 Å². The lowest BCUT2D eigenvalue weighted by Crippen LogP contribution is -2.42. The first kappa shape index (κ1) is 17.9. The molecule has 2 aromatic carbocycles. The van der Waals surface area contributed by atoms with Gasteiger partial charge in [-0.05, 0) is 48.4 Å². The highest BCUT2D eigenvalue weighted by atomic mass is 19.1. The summed E-state index contributed by atoms with van der Waals surface area (Å²) in [6.45, 7) is 1.60. The van der Waals surface area contributed by atoms with Gasteiger partial charge in [-0.1, -0.05) is 6.07 Å². The third-order valence-corrected chi connectivity index (χ3v) is 4.62. The lowest BCUT2D eigenvalue weighted by Gasteiger charge is -2.30. The molecule has 2 amide bonds. The molecule has 0 radical (unpaired) electrons. The molecule has 0 bridgehead atoms. The lowest BCUT2D eigenvalue weighted by molar-refractivity contribution is -0.129. The highest BCUT2D eigenvalue weighted by Crippen LogP contribution is 2.36. The van der Waals surface area contributed by atoms with Gasteiger partial charge in [-0.25, -0.2) is 4.39 Å². The van der Waals surface area contributed by atoms with Crippen molar-refractivity contribution in [2.24, 2.45) is 0 Å². The van der Waals surface area contributed by atoms with Crippen LogP contribution in [0.5, 0.6) is 11.5 Å². The van der Waals surface area contributed by atoms with Gasteiger partial charge >= 0.3 is 0 Å². The van der Waals surface area contributed by atoms with Gasteiger partial charge in [0.05, 0.1) is 19.9 Å². The average Bonchev–Trinajstić information content (AvgIpc) is 2.63. The number of benzene rings is 2. The zero-order valence-electron chi connectivity index (χ0n) is 14.9. The Balaban J connectivity index is 1.85. The number of methoxy groups -OCH3 is 2. The summed E-state index contributed by atoms with van der Waals surface area (Å²) in [4.78, 5) is 26.4. The smallest absolute Gasteiger partial charge is 0.234 e. The van der Waals surface area contributed by atoms with Gasteiger partial charge in [0.15, 0.2) is 11.5 Å². The van der Waals surface area contributed by atoms with Crippen LogP contribution in [-0.4, -0.2) is 26.0 Å². The summed E-state index contributed by atoms with van der Waals surface area (Å²) in [6.07, 6.45) is 0.384. The fourth-order valence-electron chi connectivity index (χ4n) is 3.21. The Kier molecular flexibility index (Phi) is 4.93. The van der Waals surface area contributed by atoms with Gasteiger partial charge in [0.25, 0.3) is 0 Å². The molecule has 0 unspecified atom stereocenters. The fraction of sp³-hybridized carbons (Fsp3) is 0.300. The second-order valence-corrected chi connectivity index (χ2v) is 6.28. The molecule has 0 saturated carbocycles. The summed E-state index contributed by atoms with van der Waals surface area (Å²) in [5, 5.41) is 0. The molecule has 1 aliphatic heterocycles. The highest BCUT2D eigenvalue weighted by molar-refractivity contribution is 6.17. The zero-order valence-corrected chi connectivity index (χ0v) is 14.9. The quantitative estimate of drug-likeness (QED) is 0.785. The van der Waals surface area contributed by atoms with Crippen molar-refractivity contribution in [3.8, 4) is 11.5 Å². The molecule has 3 rings (SSSR count). The van der Waals surface area contributed by atoms with Crippen LogP contribution in [0.2, 0.25) is 0 Å². The second kappa shape index (κ2) is 7.15. The first-order valence-corrected chi connectivity index (χ1v) is 8.28. The molecule has 26 heavy (non-hydrogen) atoms. The number of carbonyl (C=O) groups is 2. The summed E-state index contributed by atoms with van der Waals surface area (Å²) in [6, 6.07) is 9.63. The molecule has 5 nitrogen and oxygen atoms in total. The molecule has 1 heterocycles. The van der Waals surface area contributed by atoms with Crippen LogP contribution in [0.4, 0.5) is 10.1 Å². The second-order valence-electron chi connectivity index (χ2n) is 6.28. The van der Waals surface area contributed by atoms with Crippen LogP contribution < -0.4 is 14.4 Å². The number of rotatable bonds is 4. The Hall–Kier alpha value is -2.89. The number of carbonyl (C=O) groups excluding carboxylic acids is 2. The summed E-state index contributed by atoms with van der Waals surface area (Å²) >= 11 is 0. The van der Waals surface area contributed by atoms with Crippen molar-refractivity contribution in [3.05, 3.63) is 53.3 Å². The lowest BCUT2D eigenvalue weighted by atomic mass is 9.88. The van der Waals surface area contributed by atoms with E-state index in [0.29, 0.717) is 22.7 Å². The van der Waals surface area contributed by atoms with E-state index in [1.807, 2.05) is 6.07 Å². The first-order chi connectivity index (χ1) is 12.4. The highest BCUT2D eigenvalue weighted by Gasteiger charge is 2.34. The minimum atomic E-state index is -0.367. The Bertz CT molecular complexity index is 847. The van der Waals surface area contributed by atoms with Crippen LogP contribution in [0.3, 0.4) is 0 Å².